The van der Waals surface area contributed by atoms with Crippen LogP contribution in [-0.4, -0.2) is 35.6 Å². The molecule has 0 N–H and O–H groups in total. The van der Waals surface area contributed by atoms with Gasteiger partial charge < -0.3 is 14.0 Å². The van der Waals surface area contributed by atoms with Gasteiger partial charge in [0, 0.05) is 17.2 Å². The van der Waals surface area contributed by atoms with E-state index in [-0.39, 0.29) is 22.6 Å². The third kappa shape index (κ3) is 4.16. The van der Waals surface area contributed by atoms with Gasteiger partial charge in [0.05, 0.1) is 29.4 Å². The van der Waals surface area contributed by atoms with Crippen molar-refractivity contribution in [1.29, 1.82) is 0 Å². The molecule has 0 spiro atoms. The molecule has 0 saturated heterocycles. The number of thiazole rings is 1. The van der Waals surface area contributed by atoms with Crippen molar-refractivity contribution < 1.29 is 24.0 Å². The molecule has 1 heterocycles. The van der Waals surface area contributed by atoms with Crippen LogP contribution in [0.1, 0.15) is 15.9 Å². The standard InChI is InChI=1S/C19H17N3O6S/c1-11-4-5-12(8-15(11)22(25)26)18(24)20-19-21(10-17(23)28-3)14-7-6-13(27-2)9-16(14)29-19/h4-9H,10H2,1-3H3. The van der Waals surface area contributed by atoms with Crippen molar-refractivity contribution in [2.45, 2.75) is 13.5 Å². The van der Waals surface area contributed by atoms with Gasteiger partial charge in [0.2, 0.25) is 0 Å². The molecule has 3 rings (SSSR count). The van der Waals surface area contributed by atoms with E-state index in [4.69, 9.17) is 9.47 Å². The maximum atomic E-state index is 12.7. The maximum absolute atomic E-state index is 12.7. The number of nitro groups is 1. The van der Waals surface area contributed by atoms with Crippen molar-refractivity contribution >= 4 is 39.1 Å². The molecule has 1 amide bonds. The van der Waals surface area contributed by atoms with Crippen LogP contribution in [-0.2, 0) is 16.1 Å². The van der Waals surface area contributed by atoms with E-state index < -0.39 is 16.8 Å². The lowest BCUT2D eigenvalue weighted by Crippen LogP contribution is -2.22. The zero-order valence-electron chi connectivity index (χ0n) is 15.9. The Labute approximate surface area is 169 Å². The molecule has 0 aliphatic carbocycles. The number of fused-ring (bicyclic) bond motifs is 1. The fourth-order valence-corrected chi connectivity index (χ4v) is 3.76. The van der Waals surface area contributed by atoms with Crippen LogP contribution >= 0.6 is 11.3 Å². The summed E-state index contributed by atoms with van der Waals surface area (Å²) in [6, 6.07) is 9.44. The van der Waals surface area contributed by atoms with Crippen molar-refractivity contribution in [3.05, 3.63) is 62.4 Å². The van der Waals surface area contributed by atoms with Crippen LogP contribution in [0.4, 0.5) is 5.69 Å². The highest BCUT2D eigenvalue weighted by atomic mass is 32.1. The summed E-state index contributed by atoms with van der Waals surface area (Å²) < 4.78 is 12.3. The molecular formula is C19H17N3O6S. The molecule has 0 fully saturated rings. The van der Waals surface area contributed by atoms with Crippen LogP contribution in [0.2, 0.25) is 0 Å². The first-order valence-corrected chi connectivity index (χ1v) is 9.24. The number of esters is 1. The van der Waals surface area contributed by atoms with Crippen LogP contribution < -0.4 is 9.54 Å². The molecule has 9 nitrogen and oxygen atoms in total. The van der Waals surface area contributed by atoms with Gasteiger partial charge in [-0.15, -0.1) is 0 Å². The third-order valence-electron chi connectivity index (χ3n) is 4.25. The highest BCUT2D eigenvalue weighted by molar-refractivity contribution is 7.16. The van der Waals surface area contributed by atoms with Gasteiger partial charge in [-0.3, -0.25) is 19.7 Å². The van der Waals surface area contributed by atoms with Gasteiger partial charge in [0.1, 0.15) is 12.3 Å². The molecule has 150 valence electrons. The monoisotopic (exact) mass is 415 g/mol. The van der Waals surface area contributed by atoms with Crippen LogP contribution in [0.5, 0.6) is 5.75 Å². The van der Waals surface area contributed by atoms with Crippen LogP contribution in [0, 0.1) is 17.0 Å². The average molecular weight is 415 g/mol. The van der Waals surface area contributed by atoms with E-state index in [2.05, 4.69) is 4.99 Å². The molecule has 0 atom stereocenters. The Balaban J connectivity index is 2.14. The van der Waals surface area contributed by atoms with Crippen molar-refractivity contribution in [3.8, 4) is 5.75 Å². The number of hydrogen-bond acceptors (Lipinski definition) is 7. The Morgan fingerprint density at radius 1 is 1.21 bits per heavy atom. The quantitative estimate of drug-likeness (QED) is 0.360. The minimum Gasteiger partial charge on any atom is -0.497 e. The number of carbonyl (C=O) groups excluding carboxylic acids is 2. The molecular weight excluding hydrogens is 398 g/mol. The largest absolute Gasteiger partial charge is 0.497 e. The topological polar surface area (TPSA) is 113 Å². The van der Waals surface area contributed by atoms with Crippen LogP contribution in [0.3, 0.4) is 0 Å². The van der Waals surface area contributed by atoms with Crippen molar-refractivity contribution in [3.63, 3.8) is 0 Å². The number of carbonyl (C=O) groups is 2. The van der Waals surface area contributed by atoms with E-state index in [1.54, 1.807) is 29.7 Å². The van der Waals surface area contributed by atoms with E-state index in [1.165, 1.54) is 43.8 Å². The number of methoxy groups -OCH3 is 2. The molecule has 10 heteroatoms. The Bertz CT molecular complexity index is 1190. The zero-order valence-corrected chi connectivity index (χ0v) is 16.7. The number of rotatable bonds is 5. The molecule has 1 aromatic heterocycles. The van der Waals surface area contributed by atoms with E-state index in [1.807, 2.05) is 0 Å². The summed E-state index contributed by atoms with van der Waals surface area (Å²) in [4.78, 5) is 39.5. The second kappa shape index (κ2) is 8.23. The summed E-state index contributed by atoms with van der Waals surface area (Å²) in [6.07, 6.45) is 0. The summed E-state index contributed by atoms with van der Waals surface area (Å²) in [6.45, 7) is 1.45. The van der Waals surface area contributed by atoms with E-state index in [9.17, 15) is 19.7 Å². The lowest BCUT2D eigenvalue weighted by Gasteiger charge is -2.04. The number of hydrogen-bond donors (Lipinski definition) is 0. The minimum absolute atomic E-state index is 0.0851. The van der Waals surface area contributed by atoms with Crippen LogP contribution in [0.25, 0.3) is 10.2 Å². The number of nitro benzene ring substituents is 1. The summed E-state index contributed by atoms with van der Waals surface area (Å²) in [5.41, 5.74) is 1.06. The van der Waals surface area contributed by atoms with Gasteiger partial charge in [-0.05, 0) is 31.2 Å². The van der Waals surface area contributed by atoms with Crippen LogP contribution in [0.15, 0.2) is 41.4 Å². The lowest BCUT2D eigenvalue weighted by molar-refractivity contribution is -0.385. The first kappa shape index (κ1) is 20.2. The fraction of sp³-hybridized carbons (Fsp3) is 0.211. The zero-order chi connectivity index (χ0) is 21.1. The number of aryl methyl sites for hydroxylation is 1. The van der Waals surface area contributed by atoms with Gasteiger partial charge in [-0.1, -0.05) is 17.4 Å². The number of aromatic nitrogens is 1. The predicted molar refractivity (Wildman–Crippen MR) is 106 cm³/mol. The second-order valence-corrected chi connectivity index (χ2v) is 7.06. The maximum Gasteiger partial charge on any atom is 0.325 e. The number of benzene rings is 2. The molecule has 29 heavy (non-hydrogen) atoms. The summed E-state index contributed by atoms with van der Waals surface area (Å²) >= 11 is 1.20. The van der Waals surface area contributed by atoms with Gasteiger partial charge in [0.15, 0.2) is 4.80 Å². The van der Waals surface area contributed by atoms with Gasteiger partial charge in [-0.25, -0.2) is 0 Å². The van der Waals surface area contributed by atoms with Crippen molar-refractivity contribution in [1.82, 2.24) is 4.57 Å². The highest BCUT2D eigenvalue weighted by Gasteiger charge is 2.16. The summed E-state index contributed by atoms with van der Waals surface area (Å²) in [5, 5.41) is 11.1. The average Bonchev–Trinajstić information content (AvgIpc) is 3.03. The van der Waals surface area contributed by atoms with Gasteiger partial charge in [0.25, 0.3) is 11.6 Å². The molecule has 0 radical (unpaired) electrons. The smallest absolute Gasteiger partial charge is 0.325 e. The lowest BCUT2D eigenvalue weighted by atomic mass is 10.1. The first-order chi connectivity index (χ1) is 13.8. The Morgan fingerprint density at radius 2 is 1.97 bits per heavy atom. The second-order valence-electron chi connectivity index (χ2n) is 6.06. The molecule has 0 aliphatic heterocycles. The first-order valence-electron chi connectivity index (χ1n) is 8.42. The third-order valence-corrected chi connectivity index (χ3v) is 5.30. The van der Waals surface area contributed by atoms with E-state index in [0.717, 1.165) is 4.70 Å². The van der Waals surface area contributed by atoms with E-state index >= 15 is 0 Å². The Hall–Kier alpha value is -3.53. The van der Waals surface area contributed by atoms with E-state index in [0.29, 0.717) is 16.8 Å². The molecule has 0 bridgehead atoms. The Morgan fingerprint density at radius 3 is 2.62 bits per heavy atom. The minimum atomic E-state index is -0.648. The normalized spacial score (nSPS) is 11.5. The van der Waals surface area contributed by atoms with Crippen molar-refractivity contribution in [2.75, 3.05) is 14.2 Å². The van der Waals surface area contributed by atoms with Gasteiger partial charge >= 0.3 is 5.97 Å². The summed E-state index contributed by atoms with van der Waals surface area (Å²) in [5.74, 6) is -0.526. The number of amides is 1. The molecule has 0 unspecified atom stereocenters. The Kier molecular flexibility index (Phi) is 5.74. The molecule has 0 aliphatic rings. The number of ether oxygens (including phenoxy) is 2. The highest BCUT2D eigenvalue weighted by Crippen LogP contribution is 2.24. The fourth-order valence-electron chi connectivity index (χ4n) is 2.70. The predicted octanol–water partition coefficient (Wildman–Crippen LogP) is 2.84. The summed E-state index contributed by atoms with van der Waals surface area (Å²) in [7, 11) is 2.81. The number of nitrogens with zero attached hydrogens (tertiary/aromatic N) is 3. The molecule has 0 saturated carbocycles. The molecule has 3 aromatic rings. The van der Waals surface area contributed by atoms with Crippen molar-refractivity contribution in [2.24, 2.45) is 4.99 Å². The molecule has 2 aromatic carbocycles. The SMILES string of the molecule is COC(=O)Cn1c(=NC(=O)c2ccc(C)c([N+](=O)[O-])c2)sc2cc(OC)ccc21. The van der Waals surface area contributed by atoms with Gasteiger partial charge in [-0.2, -0.15) is 4.99 Å².